The molecule has 0 spiro atoms. The van der Waals surface area contributed by atoms with E-state index in [4.69, 9.17) is 4.74 Å². The molecule has 168 valence electrons. The highest BCUT2D eigenvalue weighted by Gasteiger charge is 2.18. The van der Waals surface area contributed by atoms with E-state index >= 15 is 0 Å². The lowest BCUT2D eigenvalue weighted by atomic mass is 10.0. The second-order valence-corrected chi connectivity index (χ2v) is 8.61. The fourth-order valence-corrected chi connectivity index (χ4v) is 4.49. The van der Waals surface area contributed by atoms with Crippen LogP contribution in [0, 0.1) is 0 Å². The highest BCUT2D eigenvalue weighted by Crippen LogP contribution is 2.25. The molecule has 2 aliphatic rings. The minimum atomic E-state index is -0.179. The zero-order valence-corrected chi connectivity index (χ0v) is 18.8. The van der Waals surface area contributed by atoms with E-state index in [-0.39, 0.29) is 5.91 Å². The average molecular weight is 440 g/mol. The first-order chi connectivity index (χ1) is 16.3. The Morgan fingerprint density at radius 1 is 0.818 bits per heavy atom. The van der Waals surface area contributed by atoms with Gasteiger partial charge in [-0.2, -0.15) is 0 Å². The number of anilines is 1. The van der Waals surface area contributed by atoms with Crippen molar-refractivity contribution in [2.24, 2.45) is 4.99 Å². The van der Waals surface area contributed by atoms with Gasteiger partial charge in [-0.1, -0.05) is 42.5 Å². The fourth-order valence-electron chi connectivity index (χ4n) is 4.49. The number of rotatable bonds is 8. The van der Waals surface area contributed by atoms with Crippen molar-refractivity contribution in [3.63, 3.8) is 0 Å². The second-order valence-electron chi connectivity index (χ2n) is 8.61. The van der Waals surface area contributed by atoms with Gasteiger partial charge in [0, 0.05) is 43.6 Å². The highest BCUT2D eigenvalue weighted by atomic mass is 16.5. The topological polar surface area (TPSA) is 45.1 Å². The molecule has 5 rings (SSSR count). The number of amides is 1. The van der Waals surface area contributed by atoms with Gasteiger partial charge in [0.2, 0.25) is 0 Å². The van der Waals surface area contributed by atoms with E-state index in [0.717, 1.165) is 56.9 Å². The van der Waals surface area contributed by atoms with E-state index in [9.17, 15) is 4.79 Å². The highest BCUT2D eigenvalue weighted by molar-refractivity contribution is 6.13. The third kappa shape index (κ3) is 5.15. The summed E-state index contributed by atoms with van der Waals surface area (Å²) in [5.74, 6) is 0.570. The lowest BCUT2D eigenvalue weighted by Crippen LogP contribution is -2.46. The second kappa shape index (κ2) is 10.0. The monoisotopic (exact) mass is 439 g/mol. The van der Waals surface area contributed by atoms with Crippen LogP contribution in [0.1, 0.15) is 28.8 Å². The molecule has 5 nitrogen and oxygen atoms in total. The van der Waals surface area contributed by atoms with Crippen molar-refractivity contribution in [2.75, 3.05) is 44.2 Å². The Morgan fingerprint density at radius 2 is 1.64 bits per heavy atom. The van der Waals surface area contributed by atoms with Crippen LogP contribution in [0.4, 0.5) is 5.69 Å². The molecule has 3 aromatic carbocycles. The van der Waals surface area contributed by atoms with Gasteiger partial charge in [0.1, 0.15) is 5.75 Å². The lowest BCUT2D eigenvalue weighted by molar-refractivity contribution is 0.101. The SMILES string of the molecule is O=C1N=Cc2ccc(OCCCCN3CCN(c4cccc(-c5ccccc5)c4)CC3)cc21. The van der Waals surface area contributed by atoms with Crippen molar-refractivity contribution in [3.05, 3.63) is 83.9 Å². The van der Waals surface area contributed by atoms with Crippen LogP contribution in [-0.2, 0) is 0 Å². The van der Waals surface area contributed by atoms with Crippen LogP contribution in [0.25, 0.3) is 11.1 Å². The van der Waals surface area contributed by atoms with Gasteiger partial charge in [0.15, 0.2) is 0 Å². The maximum atomic E-state index is 11.7. The first-order valence-corrected chi connectivity index (χ1v) is 11.7. The summed E-state index contributed by atoms with van der Waals surface area (Å²) < 4.78 is 5.86. The summed E-state index contributed by atoms with van der Waals surface area (Å²) in [6, 6.07) is 25.1. The quantitative estimate of drug-likeness (QED) is 0.468. The summed E-state index contributed by atoms with van der Waals surface area (Å²) in [5.41, 5.74) is 5.36. The number of piperazine rings is 1. The molecule has 0 N–H and O–H groups in total. The molecule has 0 atom stereocenters. The molecule has 0 aromatic heterocycles. The van der Waals surface area contributed by atoms with Gasteiger partial charge >= 0.3 is 0 Å². The number of aliphatic imine (C=N–C) groups is 1. The fraction of sp³-hybridized carbons (Fsp3) is 0.286. The van der Waals surface area contributed by atoms with Gasteiger partial charge in [-0.15, -0.1) is 0 Å². The summed E-state index contributed by atoms with van der Waals surface area (Å²) >= 11 is 0. The molecular weight excluding hydrogens is 410 g/mol. The largest absolute Gasteiger partial charge is 0.494 e. The maximum Gasteiger partial charge on any atom is 0.277 e. The minimum absolute atomic E-state index is 0.179. The number of carbonyl (C=O) groups is 1. The Bertz CT molecular complexity index is 1130. The molecule has 33 heavy (non-hydrogen) atoms. The number of fused-ring (bicyclic) bond motifs is 1. The standard InChI is InChI=1S/C28H29N3O2/c32-28-27-20-26(12-11-24(27)21-29-28)33-18-5-4-13-30-14-16-31(17-15-30)25-10-6-9-23(19-25)22-7-2-1-3-8-22/h1-3,6-12,19-21H,4-5,13-18H2. The molecule has 2 aliphatic heterocycles. The van der Waals surface area contributed by atoms with Crippen molar-refractivity contribution >= 4 is 17.8 Å². The summed E-state index contributed by atoms with van der Waals surface area (Å²) in [6.45, 7) is 6.05. The number of hydrogen-bond acceptors (Lipinski definition) is 4. The molecule has 0 bridgehead atoms. The van der Waals surface area contributed by atoms with Crippen molar-refractivity contribution in [1.82, 2.24) is 4.90 Å². The molecule has 3 aromatic rings. The number of benzene rings is 3. The number of ether oxygens (including phenoxy) is 1. The lowest BCUT2D eigenvalue weighted by Gasteiger charge is -2.36. The van der Waals surface area contributed by atoms with Crippen molar-refractivity contribution < 1.29 is 9.53 Å². The van der Waals surface area contributed by atoms with Crippen LogP contribution in [0.5, 0.6) is 5.75 Å². The average Bonchev–Trinajstić information content (AvgIpc) is 3.25. The Labute approximate surface area is 195 Å². The molecule has 0 saturated carbocycles. The Balaban J connectivity index is 1.04. The van der Waals surface area contributed by atoms with E-state index in [1.807, 2.05) is 12.1 Å². The van der Waals surface area contributed by atoms with E-state index in [1.165, 1.54) is 16.8 Å². The number of nitrogens with zero attached hydrogens (tertiary/aromatic N) is 3. The summed E-state index contributed by atoms with van der Waals surface area (Å²) in [6.07, 6.45) is 3.72. The molecule has 0 radical (unpaired) electrons. The van der Waals surface area contributed by atoms with Gasteiger partial charge in [-0.05, 0) is 60.8 Å². The normalized spacial score (nSPS) is 15.6. The van der Waals surface area contributed by atoms with Crippen LogP contribution in [0.3, 0.4) is 0 Å². The third-order valence-corrected chi connectivity index (χ3v) is 6.40. The third-order valence-electron chi connectivity index (χ3n) is 6.40. The first kappa shape index (κ1) is 21.4. The van der Waals surface area contributed by atoms with E-state index < -0.39 is 0 Å². The van der Waals surface area contributed by atoms with Crippen LogP contribution in [0.2, 0.25) is 0 Å². The summed E-state index contributed by atoms with van der Waals surface area (Å²) in [7, 11) is 0. The van der Waals surface area contributed by atoms with E-state index in [2.05, 4.69) is 69.4 Å². The van der Waals surface area contributed by atoms with Gasteiger partial charge in [-0.3, -0.25) is 9.69 Å². The molecule has 2 heterocycles. The van der Waals surface area contributed by atoms with Gasteiger partial charge in [-0.25, -0.2) is 4.99 Å². The Hall–Kier alpha value is -3.44. The summed E-state index contributed by atoms with van der Waals surface area (Å²) in [4.78, 5) is 20.6. The predicted molar refractivity (Wildman–Crippen MR) is 134 cm³/mol. The molecule has 1 amide bonds. The smallest absolute Gasteiger partial charge is 0.277 e. The van der Waals surface area contributed by atoms with E-state index in [0.29, 0.717) is 12.2 Å². The van der Waals surface area contributed by atoms with Crippen LogP contribution < -0.4 is 9.64 Å². The van der Waals surface area contributed by atoms with Crippen LogP contribution in [-0.4, -0.2) is 56.4 Å². The van der Waals surface area contributed by atoms with Crippen LogP contribution in [0.15, 0.2) is 77.8 Å². The maximum absolute atomic E-state index is 11.7. The Kier molecular flexibility index (Phi) is 6.49. The van der Waals surface area contributed by atoms with Gasteiger partial charge in [0.25, 0.3) is 5.91 Å². The van der Waals surface area contributed by atoms with E-state index in [1.54, 1.807) is 12.3 Å². The predicted octanol–water partition coefficient (Wildman–Crippen LogP) is 4.91. The first-order valence-electron chi connectivity index (χ1n) is 11.7. The molecular formula is C28H29N3O2. The van der Waals surface area contributed by atoms with Crippen LogP contribution >= 0.6 is 0 Å². The summed E-state index contributed by atoms with van der Waals surface area (Å²) in [5, 5.41) is 0. The molecule has 1 fully saturated rings. The van der Waals surface area contributed by atoms with Gasteiger partial charge < -0.3 is 9.64 Å². The molecule has 5 heteroatoms. The Morgan fingerprint density at radius 3 is 2.48 bits per heavy atom. The minimum Gasteiger partial charge on any atom is -0.494 e. The molecule has 0 aliphatic carbocycles. The zero-order chi connectivity index (χ0) is 22.5. The number of unbranched alkanes of at least 4 members (excludes halogenated alkanes) is 1. The van der Waals surface area contributed by atoms with Crippen molar-refractivity contribution in [2.45, 2.75) is 12.8 Å². The van der Waals surface area contributed by atoms with Crippen molar-refractivity contribution in [3.8, 4) is 16.9 Å². The zero-order valence-electron chi connectivity index (χ0n) is 18.8. The number of hydrogen-bond donors (Lipinski definition) is 0. The molecule has 1 saturated heterocycles. The molecule has 0 unspecified atom stereocenters. The van der Waals surface area contributed by atoms with Gasteiger partial charge in [0.05, 0.1) is 12.2 Å². The van der Waals surface area contributed by atoms with Crippen molar-refractivity contribution in [1.29, 1.82) is 0 Å². The number of carbonyl (C=O) groups excluding carboxylic acids is 1.